The van der Waals surface area contributed by atoms with E-state index in [1.165, 1.54) is 21.2 Å². The molecule has 0 saturated carbocycles. The average Bonchev–Trinajstić information content (AvgIpc) is 3.02. The molecule has 4 rings (SSSR count). The van der Waals surface area contributed by atoms with Crippen molar-refractivity contribution in [3.8, 4) is 0 Å². The van der Waals surface area contributed by atoms with Crippen molar-refractivity contribution in [1.82, 2.24) is 9.55 Å². The Kier molecular flexibility index (Phi) is 2.60. The molecule has 2 aromatic heterocycles. The fraction of sp³-hybridized carbons (Fsp3) is 0.118. The highest BCUT2D eigenvalue weighted by Crippen LogP contribution is 2.24. The second kappa shape index (κ2) is 4.46. The fourth-order valence-corrected chi connectivity index (χ4v) is 3.56. The van der Waals surface area contributed by atoms with E-state index in [1.807, 2.05) is 6.07 Å². The molecule has 0 unspecified atom stereocenters. The first-order chi connectivity index (χ1) is 9.79. The molecule has 4 aromatic rings. The molecule has 0 aliphatic carbocycles. The number of aromatic nitrogens is 2. The Morgan fingerprint density at radius 3 is 2.90 bits per heavy atom. The number of hydrogen-bond donors (Lipinski definition) is 0. The highest BCUT2D eigenvalue weighted by atomic mass is 32.1. The third kappa shape index (κ3) is 1.91. The van der Waals surface area contributed by atoms with E-state index in [9.17, 15) is 0 Å². The third-order valence-corrected chi connectivity index (χ3v) is 4.59. The van der Waals surface area contributed by atoms with Crippen LogP contribution in [0, 0.1) is 6.92 Å². The van der Waals surface area contributed by atoms with Gasteiger partial charge in [-0.05, 0) is 42.6 Å². The van der Waals surface area contributed by atoms with Gasteiger partial charge in [0.15, 0.2) is 0 Å². The van der Waals surface area contributed by atoms with Gasteiger partial charge in [0.1, 0.15) is 5.01 Å². The predicted molar refractivity (Wildman–Crippen MR) is 85.4 cm³/mol. The van der Waals surface area contributed by atoms with Gasteiger partial charge in [0.25, 0.3) is 0 Å². The minimum absolute atomic E-state index is 0.839. The molecule has 0 bridgehead atoms. The van der Waals surface area contributed by atoms with Crippen LogP contribution in [0.3, 0.4) is 0 Å². The third-order valence-electron chi connectivity index (χ3n) is 3.57. The van der Waals surface area contributed by atoms with Gasteiger partial charge in [-0.25, -0.2) is 4.98 Å². The lowest BCUT2D eigenvalue weighted by Gasteiger charge is -2.02. The zero-order chi connectivity index (χ0) is 13.5. The second-order valence-electron chi connectivity index (χ2n) is 5.08. The van der Waals surface area contributed by atoms with Crippen LogP contribution in [0.2, 0.25) is 0 Å². The van der Waals surface area contributed by atoms with Crippen LogP contribution < -0.4 is 0 Å². The fourth-order valence-electron chi connectivity index (χ4n) is 2.59. The number of thiazole rings is 1. The molecule has 0 atom stereocenters. The van der Waals surface area contributed by atoms with E-state index in [0.29, 0.717) is 0 Å². The van der Waals surface area contributed by atoms with Crippen molar-refractivity contribution in [1.29, 1.82) is 0 Å². The van der Waals surface area contributed by atoms with Gasteiger partial charge >= 0.3 is 0 Å². The first kappa shape index (κ1) is 11.7. The molecule has 0 fully saturated rings. The number of benzene rings is 2. The highest BCUT2D eigenvalue weighted by molar-refractivity contribution is 7.18. The number of para-hydroxylation sites is 1. The highest BCUT2D eigenvalue weighted by Gasteiger charge is 2.06. The van der Waals surface area contributed by atoms with Crippen molar-refractivity contribution in [3.05, 3.63) is 65.3 Å². The van der Waals surface area contributed by atoms with E-state index in [2.05, 4.69) is 60.2 Å². The normalized spacial score (nSPS) is 11.4. The van der Waals surface area contributed by atoms with Crippen LogP contribution in [0.25, 0.3) is 21.1 Å². The van der Waals surface area contributed by atoms with E-state index >= 15 is 0 Å². The van der Waals surface area contributed by atoms with E-state index in [0.717, 1.165) is 17.1 Å². The lowest BCUT2D eigenvalue weighted by Crippen LogP contribution is -1.96. The Labute approximate surface area is 121 Å². The first-order valence-electron chi connectivity index (χ1n) is 6.69. The number of hydrogen-bond acceptors (Lipinski definition) is 2. The molecule has 0 aliphatic rings. The van der Waals surface area contributed by atoms with E-state index in [-0.39, 0.29) is 0 Å². The Bertz CT molecular complexity index is 869. The van der Waals surface area contributed by atoms with Gasteiger partial charge in [0.05, 0.1) is 16.8 Å². The SMILES string of the molecule is Cc1ccc2c(ccn2Cc2nc3ccccc3s2)c1. The Hall–Kier alpha value is -2.13. The maximum Gasteiger partial charge on any atom is 0.114 e. The van der Waals surface area contributed by atoms with Gasteiger partial charge in [0.2, 0.25) is 0 Å². The van der Waals surface area contributed by atoms with Crippen LogP contribution in [0.1, 0.15) is 10.6 Å². The van der Waals surface area contributed by atoms with E-state index in [4.69, 9.17) is 4.98 Å². The molecule has 98 valence electrons. The number of rotatable bonds is 2. The molecule has 20 heavy (non-hydrogen) atoms. The molecule has 2 nitrogen and oxygen atoms in total. The lowest BCUT2D eigenvalue weighted by atomic mass is 10.2. The zero-order valence-electron chi connectivity index (χ0n) is 11.2. The average molecular weight is 278 g/mol. The Morgan fingerprint density at radius 1 is 1.10 bits per heavy atom. The van der Waals surface area contributed by atoms with Gasteiger partial charge in [-0.2, -0.15) is 0 Å². The van der Waals surface area contributed by atoms with Crippen LogP contribution in [-0.2, 0) is 6.54 Å². The summed E-state index contributed by atoms with van der Waals surface area (Å²) in [5.74, 6) is 0. The van der Waals surface area contributed by atoms with Gasteiger partial charge in [-0.15, -0.1) is 11.3 Å². The monoisotopic (exact) mass is 278 g/mol. The molecule has 2 heterocycles. The van der Waals surface area contributed by atoms with E-state index < -0.39 is 0 Å². The minimum atomic E-state index is 0.839. The summed E-state index contributed by atoms with van der Waals surface area (Å²) in [4.78, 5) is 4.71. The molecule has 0 saturated heterocycles. The second-order valence-corrected chi connectivity index (χ2v) is 6.20. The molecule has 0 N–H and O–H groups in total. The molecular formula is C17H14N2S. The Balaban J connectivity index is 1.76. The predicted octanol–water partition coefficient (Wildman–Crippen LogP) is 4.61. The maximum atomic E-state index is 4.71. The van der Waals surface area contributed by atoms with Gasteiger partial charge in [-0.3, -0.25) is 0 Å². The number of aryl methyl sites for hydroxylation is 1. The molecular weight excluding hydrogens is 264 g/mol. The number of nitrogens with zero attached hydrogens (tertiary/aromatic N) is 2. The standard InChI is InChI=1S/C17H14N2S/c1-12-6-7-15-13(10-12)8-9-19(15)11-17-18-14-4-2-3-5-16(14)20-17/h2-10H,11H2,1H3. The van der Waals surface area contributed by atoms with Crippen LogP contribution in [-0.4, -0.2) is 9.55 Å². The summed E-state index contributed by atoms with van der Waals surface area (Å²) in [6.45, 7) is 2.97. The molecule has 0 spiro atoms. The zero-order valence-corrected chi connectivity index (χ0v) is 12.0. The number of fused-ring (bicyclic) bond motifs is 2. The van der Waals surface area contributed by atoms with Crippen LogP contribution in [0.4, 0.5) is 0 Å². The summed E-state index contributed by atoms with van der Waals surface area (Å²) < 4.78 is 3.53. The van der Waals surface area contributed by atoms with Crippen molar-refractivity contribution in [2.24, 2.45) is 0 Å². The molecule has 0 amide bonds. The van der Waals surface area contributed by atoms with E-state index in [1.54, 1.807) is 11.3 Å². The lowest BCUT2D eigenvalue weighted by molar-refractivity contribution is 0.830. The quantitative estimate of drug-likeness (QED) is 0.523. The minimum Gasteiger partial charge on any atom is -0.341 e. The molecule has 0 radical (unpaired) electrons. The van der Waals surface area contributed by atoms with Gasteiger partial charge < -0.3 is 4.57 Å². The van der Waals surface area contributed by atoms with Crippen LogP contribution in [0.5, 0.6) is 0 Å². The smallest absolute Gasteiger partial charge is 0.114 e. The largest absolute Gasteiger partial charge is 0.341 e. The Morgan fingerprint density at radius 2 is 2.00 bits per heavy atom. The first-order valence-corrected chi connectivity index (χ1v) is 7.51. The van der Waals surface area contributed by atoms with Crippen LogP contribution >= 0.6 is 11.3 Å². The molecule has 3 heteroatoms. The van der Waals surface area contributed by atoms with Gasteiger partial charge in [-0.1, -0.05) is 23.8 Å². The van der Waals surface area contributed by atoms with Crippen molar-refractivity contribution in [2.75, 3.05) is 0 Å². The summed E-state index contributed by atoms with van der Waals surface area (Å²) >= 11 is 1.78. The van der Waals surface area contributed by atoms with Crippen molar-refractivity contribution >= 4 is 32.5 Å². The molecule has 2 aromatic carbocycles. The summed E-state index contributed by atoms with van der Waals surface area (Å²) in [6.07, 6.45) is 2.15. The van der Waals surface area contributed by atoms with Crippen molar-refractivity contribution in [2.45, 2.75) is 13.5 Å². The summed E-state index contributed by atoms with van der Waals surface area (Å²) in [6, 6.07) is 17.1. The van der Waals surface area contributed by atoms with Crippen molar-refractivity contribution in [3.63, 3.8) is 0 Å². The topological polar surface area (TPSA) is 17.8 Å². The summed E-state index contributed by atoms with van der Waals surface area (Å²) in [5.41, 5.74) is 3.67. The van der Waals surface area contributed by atoms with Crippen molar-refractivity contribution < 1.29 is 0 Å². The maximum absolute atomic E-state index is 4.71. The van der Waals surface area contributed by atoms with Crippen LogP contribution in [0.15, 0.2) is 54.7 Å². The van der Waals surface area contributed by atoms with Gasteiger partial charge in [0, 0.05) is 11.7 Å². The summed E-state index contributed by atoms with van der Waals surface area (Å²) in [5, 5.41) is 2.45. The summed E-state index contributed by atoms with van der Waals surface area (Å²) in [7, 11) is 0. The molecule has 0 aliphatic heterocycles.